The first-order valence-corrected chi connectivity index (χ1v) is 19.2. The molecule has 5 aromatic carbocycles. The van der Waals surface area contributed by atoms with Crippen LogP contribution in [0.5, 0.6) is 0 Å². The molecule has 1 aliphatic rings. The summed E-state index contributed by atoms with van der Waals surface area (Å²) in [5.74, 6) is -1.62. The number of benzene rings is 5. The quantitative estimate of drug-likeness (QED) is 0.0365. The Balaban J connectivity index is 1.15. The molecule has 0 heterocycles. The molecule has 0 fully saturated rings. The molecule has 6 rings (SSSR count). The molecule has 0 bridgehead atoms. The number of ketones is 1. The number of nitrogens with two attached hydrogens (primary N) is 1. The maximum absolute atomic E-state index is 13.4. The van der Waals surface area contributed by atoms with E-state index in [-0.39, 0.29) is 28.4 Å². The fourth-order valence-electron chi connectivity index (χ4n) is 5.44. The van der Waals surface area contributed by atoms with Crippen LogP contribution in [-0.2, 0) is 20.2 Å². The molecule has 1 aliphatic carbocycles. The maximum Gasteiger partial charge on any atom is 0.296 e. The number of aryl methyl sites for hydroxylation is 2. The number of Topliss-reactive ketones (excluding diaryl/α,β-unsaturated/α-hetero) is 1. The van der Waals surface area contributed by atoms with Gasteiger partial charge in [-0.25, -0.2) is 0 Å². The van der Waals surface area contributed by atoms with Crippen LogP contribution in [0.15, 0.2) is 128 Å². The lowest BCUT2D eigenvalue weighted by molar-refractivity contribution is 0.102. The lowest BCUT2D eigenvalue weighted by Gasteiger charge is -2.17. The van der Waals surface area contributed by atoms with Crippen molar-refractivity contribution in [2.75, 3.05) is 21.8 Å². The topological polar surface area (TPSA) is 259 Å². The van der Waals surface area contributed by atoms with Crippen molar-refractivity contribution in [2.45, 2.75) is 18.7 Å². The molecule has 0 spiro atoms. The number of nitrogens with one attached hydrogen (secondary N) is 3. The van der Waals surface area contributed by atoms with Gasteiger partial charge >= 0.3 is 0 Å². The summed E-state index contributed by atoms with van der Waals surface area (Å²) in [5, 5.41) is 17.8. The minimum Gasteiger partial charge on any atom is -0.399 e. The SMILES string of the molecule is Cc1ccc(NN=C2C(=O)c3ccc(N=Nc4ccc(NC(=O)c5ccc(NC(=O)c6ccc(N)cc6)cc5)cc4C)cc3C=C2S(=O)(=O)O)c(S(=O)(=O)O)c1. The standard InChI is InChI=1S/C38H31N7O9S2/c1-21-3-15-32(33(17-21)55(49,50)51)44-45-35-34(56(52,53)54)20-25-19-29(12-14-30(25)36(35)46)42-43-31-16-13-28(18-22(31)2)41-38(48)24-6-10-27(11-7-24)40-37(47)23-4-8-26(39)9-5-23/h3-20,44H,39H2,1-2H3,(H,40,47)(H,41,48)(H,49,50,51)(H,52,53,54). The molecule has 0 saturated heterocycles. The molecule has 56 heavy (non-hydrogen) atoms. The van der Waals surface area contributed by atoms with Crippen LogP contribution in [0.25, 0.3) is 6.08 Å². The molecule has 0 atom stereocenters. The van der Waals surface area contributed by atoms with Gasteiger partial charge in [0.05, 0.1) is 17.1 Å². The van der Waals surface area contributed by atoms with Gasteiger partial charge in [0.15, 0.2) is 5.71 Å². The number of carbonyl (C=O) groups excluding carboxylic acids is 3. The van der Waals surface area contributed by atoms with Gasteiger partial charge in [-0.1, -0.05) is 6.07 Å². The van der Waals surface area contributed by atoms with Crippen LogP contribution < -0.4 is 21.8 Å². The van der Waals surface area contributed by atoms with Crippen LogP contribution in [0.4, 0.5) is 34.1 Å². The Bertz CT molecular complexity index is 2750. The van der Waals surface area contributed by atoms with Crippen molar-refractivity contribution in [3.63, 3.8) is 0 Å². The van der Waals surface area contributed by atoms with E-state index in [1.807, 2.05) is 0 Å². The highest BCUT2D eigenvalue weighted by molar-refractivity contribution is 7.91. The number of hydrogen-bond acceptors (Lipinski definition) is 12. The number of amides is 2. The first-order chi connectivity index (χ1) is 26.5. The Labute approximate surface area is 320 Å². The average molecular weight is 794 g/mol. The van der Waals surface area contributed by atoms with Gasteiger partial charge in [-0.15, -0.1) is 0 Å². The van der Waals surface area contributed by atoms with Crippen molar-refractivity contribution in [1.29, 1.82) is 0 Å². The number of fused-ring (bicyclic) bond motifs is 1. The second-order valence-electron chi connectivity index (χ2n) is 12.4. The summed E-state index contributed by atoms with van der Waals surface area (Å²) >= 11 is 0. The highest BCUT2D eigenvalue weighted by Crippen LogP contribution is 2.31. The molecule has 0 radical (unpaired) electrons. The van der Waals surface area contributed by atoms with Crippen LogP contribution in [0.1, 0.15) is 47.8 Å². The number of rotatable bonds is 10. The molecule has 16 nitrogen and oxygen atoms in total. The third-order valence-electron chi connectivity index (χ3n) is 8.30. The van der Waals surface area contributed by atoms with Crippen LogP contribution in [0.2, 0.25) is 0 Å². The Kier molecular flexibility index (Phi) is 10.7. The smallest absolute Gasteiger partial charge is 0.296 e. The predicted octanol–water partition coefficient (Wildman–Crippen LogP) is 6.95. The zero-order valence-corrected chi connectivity index (χ0v) is 31.0. The molecule has 284 valence electrons. The van der Waals surface area contributed by atoms with Gasteiger partial charge in [0.2, 0.25) is 5.78 Å². The van der Waals surface area contributed by atoms with Gasteiger partial charge in [0.1, 0.15) is 9.80 Å². The number of hydrazone groups is 1. The Morgan fingerprint density at radius 2 is 1.32 bits per heavy atom. The minimum atomic E-state index is -5.02. The number of nitrogens with zero attached hydrogens (tertiary/aromatic N) is 3. The van der Waals surface area contributed by atoms with Crippen molar-refractivity contribution in [3.8, 4) is 0 Å². The van der Waals surface area contributed by atoms with E-state index in [1.54, 1.807) is 80.6 Å². The molecule has 7 N–H and O–H groups in total. The molecule has 0 saturated carbocycles. The van der Waals surface area contributed by atoms with Crippen molar-refractivity contribution in [2.24, 2.45) is 15.3 Å². The van der Waals surface area contributed by atoms with Crippen molar-refractivity contribution in [3.05, 3.63) is 141 Å². The molecular formula is C38H31N7O9S2. The van der Waals surface area contributed by atoms with Crippen molar-refractivity contribution >= 4 is 83.7 Å². The van der Waals surface area contributed by atoms with Crippen LogP contribution >= 0.6 is 0 Å². The van der Waals surface area contributed by atoms with E-state index in [0.29, 0.717) is 45.0 Å². The first-order valence-electron chi connectivity index (χ1n) is 16.4. The molecule has 0 aliphatic heterocycles. The summed E-state index contributed by atoms with van der Waals surface area (Å²) in [4.78, 5) is 37.4. The van der Waals surface area contributed by atoms with Crippen molar-refractivity contribution < 1.29 is 40.3 Å². The van der Waals surface area contributed by atoms with E-state index in [0.717, 1.165) is 12.1 Å². The number of anilines is 4. The number of azo groups is 1. The Morgan fingerprint density at radius 1 is 0.696 bits per heavy atom. The number of hydrogen-bond donors (Lipinski definition) is 6. The second kappa shape index (κ2) is 15.5. The molecule has 2 amide bonds. The molecule has 0 aromatic heterocycles. The summed E-state index contributed by atoms with van der Waals surface area (Å²) in [7, 11) is -9.74. The zero-order valence-electron chi connectivity index (χ0n) is 29.4. The lowest BCUT2D eigenvalue weighted by atomic mass is 9.94. The molecular weight excluding hydrogens is 763 g/mol. The van der Waals surface area contributed by atoms with Gasteiger partial charge in [0.25, 0.3) is 32.1 Å². The summed E-state index contributed by atoms with van der Waals surface area (Å²) in [6.07, 6.45) is 1.01. The summed E-state index contributed by atoms with van der Waals surface area (Å²) in [6.45, 7) is 3.33. The van der Waals surface area contributed by atoms with E-state index in [1.165, 1.54) is 30.3 Å². The maximum atomic E-state index is 13.4. The highest BCUT2D eigenvalue weighted by atomic mass is 32.2. The predicted molar refractivity (Wildman–Crippen MR) is 211 cm³/mol. The second-order valence-corrected chi connectivity index (χ2v) is 15.2. The summed E-state index contributed by atoms with van der Waals surface area (Å²) in [6, 6.07) is 25.8. The summed E-state index contributed by atoms with van der Waals surface area (Å²) in [5.41, 5.74) is 11.2. The first kappa shape index (κ1) is 38.9. The molecule has 0 unspecified atom stereocenters. The van der Waals surface area contributed by atoms with Crippen LogP contribution in [-0.4, -0.2) is 49.3 Å². The minimum absolute atomic E-state index is 0.00430. The third-order valence-corrected chi connectivity index (χ3v) is 10.1. The normalized spacial score (nSPS) is 13.6. The van der Waals surface area contributed by atoms with E-state index in [4.69, 9.17) is 5.73 Å². The third kappa shape index (κ3) is 8.91. The van der Waals surface area contributed by atoms with Gasteiger partial charge in [-0.3, -0.25) is 28.9 Å². The lowest BCUT2D eigenvalue weighted by Crippen LogP contribution is -2.27. The van der Waals surface area contributed by atoms with Gasteiger partial charge in [0, 0.05) is 33.8 Å². The van der Waals surface area contributed by atoms with Crippen LogP contribution in [0, 0.1) is 13.8 Å². The summed E-state index contributed by atoms with van der Waals surface area (Å²) < 4.78 is 68.1. The monoisotopic (exact) mass is 793 g/mol. The number of carbonyl (C=O) groups is 3. The largest absolute Gasteiger partial charge is 0.399 e. The van der Waals surface area contributed by atoms with E-state index in [9.17, 15) is 40.3 Å². The van der Waals surface area contributed by atoms with E-state index in [2.05, 4.69) is 31.4 Å². The fourth-order valence-corrected chi connectivity index (χ4v) is 6.83. The van der Waals surface area contributed by atoms with Gasteiger partial charge < -0.3 is 16.4 Å². The highest BCUT2D eigenvalue weighted by Gasteiger charge is 2.33. The molecule has 5 aromatic rings. The van der Waals surface area contributed by atoms with Crippen molar-refractivity contribution in [1.82, 2.24) is 0 Å². The number of allylic oxidation sites excluding steroid dienone is 1. The average Bonchev–Trinajstić information content (AvgIpc) is 3.14. The van der Waals surface area contributed by atoms with E-state index < -0.39 is 47.4 Å². The van der Waals surface area contributed by atoms with Crippen LogP contribution in [0.3, 0.4) is 0 Å². The Hall–Kier alpha value is -6.86. The Morgan fingerprint density at radius 3 is 1.95 bits per heavy atom. The fraction of sp³-hybridized carbons (Fsp3) is 0.0526. The van der Waals surface area contributed by atoms with Gasteiger partial charge in [-0.05, 0) is 134 Å². The number of nitrogen functional groups attached to an aromatic ring is 1. The van der Waals surface area contributed by atoms with Gasteiger partial charge in [-0.2, -0.15) is 32.2 Å². The molecule has 18 heteroatoms. The zero-order chi connectivity index (χ0) is 40.4. The van der Waals surface area contributed by atoms with E-state index >= 15 is 0 Å².